The quantitative estimate of drug-likeness (QED) is 0.627. The molecule has 5 nitrogen and oxygen atoms in total. The number of hydrogen-bond donors (Lipinski definition) is 1. The fourth-order valence-corrected chi connectivity index (χ4v) is 4.26. The molecule has 3 amide bonds. The lowest BCUT2D eigenvalue weighted by molar-refractivity contribution is -0.148. The monoisotopic (exact) mass is 360 g/mol. The third-order valence-electron chi connectivity index (χ3n) is 4.87. The molecule has 2 aliphatic rings. The lowest BCUT2D eigenvalue weighted by atomic mass is 9.85. The standard InChI is InChI=1S/C19H24N2O3S/c1-12(2)10-16(17(22)20-11-13-6-5-9-25-13)21-18(23)14-7-3-4-8-15(14)19(21)24/h3-6,9,12,14-16H,7-8,10-11H2,1-2H3,(H,20,22)/t14-,15+,16-/m1/s1. The molecule has 3 atom stereocenters. The van der Waals surface area contributed by atoms with Gasteiger partial charge in [-0.25, -0.2) is 0 Å². The molecule has 134 valence electrons. The Bertz CT molecular complexity index is 655. The van der Waals surface area contributed by atoms with Gasteiger partial charge in [-0.05, 0) is 36.6 Å². The second-order valence-electron chi connectivity index (χ2n) is 7.14. The van der Waals surface area contributed by atoms with E-state index in [1.165, 1.54) is 4.90 Å². The van der Waals surface area contributed by atoms with Crippen LogP contribution in [0.4, 0.5) is 0 Å². The molecule has 25 heavy (non-hydrogen) atoms. The van der Waals surface area contributed by atoms with Gasteiger partial charge in [-0.2, -0.15) is 0 Å². The second kappa shape index (κ2) is 7.52. The minimum atomic E-state index is -0.717. The Balaban J connectivity index is 1.76. The highest BCUT2D eigenvalue weighted by atomic mass is 32.1. The number of allylic oxidation sites excluding steroid dienone is 2. The summed E-state index contributed by atoms with van der Waals surface area (Å²) < 4.78 is 0. The molecule has 1 aliphatic carbocycles. The highest BCUT2D eigenvalue weighted by molar-refractivity contribution is 7.09. The predicted octanol–water partition coefficient (Wildman–Crippen LogP) is 2.73. The molecule has 1 aliphatic heterocycles. The Morgan fingerprint density at radius 3 is 2.40 bits per heavy atom. The van der Waals surface area contributed by atoms with Crippen molar-refractivity contribution in [3.63, 3.8) is 0 Å². The van der Waals surface area contributed by atoms with E-state index < -0.39 is 6.04 Å². The molecule has 0 aromatic carbocycles. The summed E-state index contributed by atoms with van der Waals surface area (Å²) in [6, 6.07) is 3.17. The zero-order valence-corrected chi connectivity index (χ0v) is 15.4. The van der Waals surface area contributed by atoms with Crippen molar-refractivity contribution in [2.24, 2.45) is 17.8 Å². The van der Waals surface area contributed by atoms with Crippen molar-refractivity contribution < 1.29 is 14.4 Å². The van der Waals surface area contributed by atoms with Crippen molar-refractivity contribution in [1.29, 1.82) is 0 Å². The normalized spacial score (nSPS) is 23.9. The van der Waals surface area contributed by atoms with Crippen molar-refractivity contribution in [3.8, 4) is 0 Å². The molecule has 3 rings (SSSR count). The van der Waals surface area contributed by atoms with Gasteiger partial charge in [-0.3, -0.25) is 19.3 Å². The van der Waals surface area contributed by atoms with E-state index in [2.05, 4.69) is 5.32 Å². The first-order valence-corrected chi connectivity index (χ1v) is 9.69. The van der Waals surface area contributed by atoms with Gasteiger partial charge in [0.1, 0.15) is 6.04 Å². The van der Waals surface area contributed by atoms with Crippen LogP contribution in [-0.2, 0) is 20.9 Å². The molecular formula is C19H24N2O3S. The number of rotatable bonds is 6. The van der Waals surface area contributed by atoms with Crippen molar-refractivity contribution in [2.75, 3.05) is 0 Å². The summed E-state index contributed by atoms with van der Waals surface area (Å²) >= 11 is 1.57. The molecule has 6 heteroatoms. The van der Waals surface area contributed by atoms with Crippen LogP contribution in [0.2, 0.25) is 0 Å². The lowest BCUT2D eigenvalue weighted by Crippen LogP contribution is -2.50. The average Bonchev–Trinajstić information content (AvgIpc) is 3.19. The Labute approximate surface area is 152 Å². The molecule has 1 N–H and O–H groups in total. The Morgan fingerprint density at radius 2 is 1.88 bits per heavy atom. The maximum Gasteiger partial charge on any atom is 0.243 e. The number of nitrogens with zero attached hydrogens (tertiary/aromatic N) is 1. The number of carbonyl (C=O) groups excluding carboxylic acids is 3. The van der Waals surface area contributed by atoms with Crippen LogP contribution in [0.3, 0.4) is 0 Å². The van der Waals surface area contributed by atoms with Gasteiger partial charge in [0.05, 0.1) is 18.4 Å². The van der Waals surface area contributed by atoms with Crippen LogP contribution < -0.4 is 5.32 Å². The van der Waals surface area contributed by atoms with Crippen LogP contribution in [0.15, 0.2) is 29.7 Å². The number of amides is 3. The zero-order valence-electron chi connectivity index (χ0n) is 14.6. The van der Waals surface area contributed by atoms with E-state index in [9.17, 15) is 14.4 Å². The summed E-state index contributed by atoms with van der Waals surface area (Å²) in [7, 11) is 0. The second-order valence-corrected chi connectivity index (χ2v) is 8.18. The van der Waals surface area contributed by atoms with Crippen molar-refractivity contribution in [2.45, 2.75) is 45.7 Å². The summed E-state index contributed by atoms with van der Waals surface area (Å²) in [4.78, 5) is 40.7. The van der Waals surface area contributed by atoms with Gasteiger partial charge in [0, 0.05) is 4.88 Å². The third kappa shape index (κ3) is 3.68. The van der Waals surface area contributed by atoms with Gasteiger partial charge in [0.25, 0.3) is 0 Å². The van der Waals surface area contributed by atoms with Crippen molar-refractivity contribution in [3.05, 3.63) is 34.5 Å². The van der Waals surface area contributed by atoms with E-state index in [0.29, 0.717) is 25.8 Å². The smallest absolute Gasteiger partial charge is 0.243 e. The van der Waals surface area contributed by atoms with Crippen LogP contribution in [0.25, 0.3) is 0 Å². The van der Waals surface area contributed by atoms with Gasteiger partial charge in [-0.15, -0.1) is 11.3 Å². The minimum Gasteiger partial charge on any atom is -0.349 e. The summed E-state index contributed by atoms with van der Waals surface area (Å²) in [5.41, 5.74) is 0. The molecule has 1 aromatic rings. The minimum absolute atomic E-state index is 0.184. The molecule has 1 saturated heterocycles. The fraction of sp³-hybridized carbons (Fsp3) is 0.526. The molecule has 2 heterocycles. The van der Waals surface area contributed by atoms with Crippen molar-refractivity contribution >= 4 is 29.1 Å². The van der Waals surface area contributed by atoms with Crippen LogP contribution in [0, 0.1) is 17.8 Å². The highest BCUT2D eigenvalue weighted by Gasteiger charge is 2.51. The SMILES string of the molecule is CC(C)C[C@H](C(=O)NCc1cccs1)N1C(=O)[C@H]2CC=CC[C@H]2C1=O. The molecule has 0 unspecified atom stereocenters. The molecule has 1 fully saturated rings. The maximum atomic E-state index is 12.8. The van der Waals surface area contributed by atoms with E-state index in [4.69, 9.17) is 0 Å². The van der Waals surface area contributed by atoms with Crippen molar-refractivity contribution in [1.82, 2.24) is 10.2 Å². The molecule has 0 radical (unpaired) electrons. The number of fused-ring (bicyclic) bond motifs is 1. The molecule has 0 saturated carbocycles. The van der Waals surface area contributed by atoms with E-state index in [0.717, 1.165) is 4.88 Å². The first-order valence-electron chi connectivity index (χ1n) is 8.81. The number of thiophene rings is 1. The van der Waals surface area contributed by atoms with Gasteiger partial charge in [0.15, 0.2) is 0 Å². The Morgan fingerprint density at radius 1 is 1.24 bits per heavy atom. The molecule has 0 bridgehead atoms. The van der Waals surface area contributed by atoms with Crippen LogP contribution in [-0.4, -0.2) is 28.7 Å². The summed E-state index contributed by atoms with van der Waals surface area (Å²) in [5, 5.41) is 4.86. The van der Waals surface area contributed by atoms with Gasteiger partial charge in [-0.1, -0.05) is 32.1 Å². The molecule has 1 aromatic heterocycles. The number of hydrogen-bond acceptors (Lipinski definition) is 4. The average molecular weight is 360 g/mol. The number of carbonyl (C=O) groups is 3. The first kappa shape index (κ1) is 17.9. The van der Waals surface area contributed by atoms with E-state index >= 15 is 0 Å². The predicted molar refractivity (Wildman–Crippen MR) is 96.6 cm³/mol. The first-order chi connectivity index (χ1) is 12.0. The lowest BCUT2D eigenvalue weighted by Gasteiger charge is -2.27. The van der Waals surface area contributed by atoms with Crippen LogP contribution >= 0.6 is 11.3 Å². The van der Waals surface area contributed by atoms with E-state index in [1.807, 2.05) is 43.5 Å². The Hall–Kier alpha value is -1.95. The van der Waals surface area contributed by atoms with Gasteiger partial charge >= 0.3 is 0 Å². The molecule has 0 spiro atoms. The zero-order chi connectivity index (χ0) is 18.0. The topological polar surface area (TPSA) is 66.5 Å². The Kier molecular flexibility index (Phi) is 5.37. The van der Waals surface area contributed by atoms with Crippen LogP contribution in [0.5, 0.6) is 0 Å². The van der Waals surface area contributed by atoms with E-state index in [-0.39, 0.29) is 35.5 Å². The third-order valence-corrected chi connectivity index (χ3v) is 5.74. The summed E-state index contributed by atoms with van der Waals surface area (Å²) in [5.74, 6) is -0.990. The van der Waals surface area contributed by atoms with Crippen LogP contribution in [0.1, 0.15) is 38.0 Å². The van der Waals surface area contributed by atoms with E-state index in [1.54, 1.807) is 11.3 Å². The summed E-state index contributed by atoms with van der Waals surface area (Å²) in [6.07, 6.45) is 5.60. The largest absolute Gasteiger partial charge is 0.349 e. The maximum absolute atomic E-state index is 12.8. The fourth-order valence-electron chi connectivity index (χ4n) is 3.61. The molecular weight excluding hydrogens is 336 g/mol. The van der Waals surface area contributed by atoms with Gasteiger partial charge in [0.2, 0.25) is 17.7 Å². The number of nitrogens with one attached hydrogen (secondary N) is 1. The number of imide groups is 1. The highest BCUT2D eigenvalue weighted by Crippen LogP contribution is 2.37. The number of likely N-dealkylation sites (tertiary alicyclic amines) is 1. The van der Waals surface area contributed by atoms with Gasteiger partial charge < -0.3 is 5.32 Å². The summed E-state index contributed by atoms with van der Waals surface area (Å²) in [6.45, 7) is 4.42.